The van der Waals surface area contributed by atoms with E-state index in [1.165, 1.54) is 37.9 Å². The smallest absolute Gasteiger partial charge is 0.407 e. The molecule has 2 N–H and O–H groups in total. The van der Waals surface area contributed by atoms with Crippen LogP contribution in [0.4, 0.5) is 4.79 Å². The Morgan fingerprint density at radius 2 is 2.00 bits per heavy atom. The van der Waals surface area contributed by atoms with Crippen LogP contribution in [0.25, 0.3) is 0 Å². The third-order valence-electron chi connectivity index (χ3n) is 3.77. The van der Waals surface area contributed by atoms with Crippen LogP contribution in [0.15, 0.2) is 0 Å². The molecule has 0 heterocycles. The van der Waals surface area contributed by atoms with Gasteiger partial charge in [-0.1, -0.05) is 12.8 Å². The zero-order valence-electron chi connectivity index (χ0n) is 14.0. The van der Waals surface area contributed by atoms with Gasteiger partial charge < -0.3 is 15.4 Å². The van der Waals surface area contributed by atoms with Crippen molar-refractivity contribution >= 4 is 17.9 Å². The van der Waals surface area contributed by atoms with Crippen molar-refractivity contribution in [2.75, 3.05) is 25.1 Å². The molecule has 1 amide bonds. The van der Waals surface area contributed by atoms with Gasteiger partial charge in [0.15, 0.2) is 0 Å². The summed E-state index contributed by atoms with van der Waals surface area (Å²) in [5, 5.41) is 6.56. The van der Waals surface area contributed by atoms with Crippen LogP contribution >= 0.6 is 11.8 Å². The number of alkyl carbamates (subject to hydrolysis) is 1. The third-order valence-corrected chi connectivity index (χ3v) is 4.46. The van der Waals surface area contributed by atoms with Gasteiger partial charge in [-0.15, -0.1) is 0 Å². The first-order chi connectivity index (χ1) is 9.92. The molecule has 0 aromatic carbocycles. The molecule has 1 aliphatic rings. The van der Waals surface area contributed by atoms with Gasteiger partial charge in [-0.3, -0.25) is 0 Å². The summed E-state index contributed by atoms with van der Waals surface area (Å²) < 4.78 is 5.31. The first-order valence-corrected chi connectivity index (χ1v) is 9.51. The molecule has 1 saturated carbocycles. The summed E-state index contributed by atoms with van der Waals surface area (Å²) in [4.78, 5) is 11.8. The number of carbonyl (C=O) groups excluding carboxylic acids is 1. The summed E-state index contributed by atoms with van der Waals surface area (Å²) in [6, 6.07) is 0.377. The minimum atomic E-state index is -0.432. The number of rotatable bonds is 8. The molecule has 1 unspecified atom stereocenters. The molecular weight excluding hydrogens is 284 g/mol. The summed E-state index contributed by atoms with van der Waals surface area (Å²) in [5.74, 6) is 1.87. The predicted octanol–water partition coefficient (Wildman–Crippen LogP) is 3.41. The highest BCUT2D eigenvalue weighted by atomic mass is 32.2. The maximum Gasteiger partial charge on any atom is 0.407 e. The van der Waals surface area contributed by atoms with E-state index < -0.39 is 5.60 Å². The van der Waals surface area contributed by atoms with E-state index in [-0.39, 0.29) is 6.09 Å². The lowest BCUT2D eigenvalue weighted by Crippen LogP contribution is -2.46. The predicted molar refractivity (Wildman–Crippen MR) is 91.0 cm³/mol. The zero-order chi connectivity index (χ0) is 15.7. The fourth-order valence-electron chi connectivity index (χ4n) is 2.78. The normalized spacial score (nSPS) is 17.7. The van der Waals surface area contributed by atoms with Crippen molar-refractivity contribution in [3.05, 3.63) is 0 Å². The molecule has 5 heteroatoms. The minimum absolute atomic E-state index is 0.309. The van der Waals surface area contributed by atoms with E-state index in [1.807, 2.05) is 32.5 Å². The lowest BCUT2D eigenvalue weighted by atomic mass is 9.98. The number of hydrogen-bond donors (Lipinski definition) is 2. The maximum absolute atomic E-state index is 11.8. The van der Waals surface area contributed by atoms with Gasteiger partial charge in [0, 0.05) is 12.6 Å². The molecule has 0 saturated heterocycles. The molecule has 0 aromatic heterocycles. The third kappa shape index (κ3) is 8.57. The van der Waals surface area contributed by atoms with Crippen LogP contribution in [0.2, 0.25) is 0 Å². The van der Waals surface area contributed by atoms with Crippen molar-refractivity contribution in [2.24, 2.45) is 5.92 Å². The lowest BCUT2D eigenvalue weighted by molar-refractivity contribution is 0.0518. The zero-order valence-corrected chi connectivity index (χ0v) is 14.9. The van der Waals surface area contributed by atoms with E-state index in [0.717, 1.165) is 6.54 Å². The SMILES string of the molecule is CSCCCNC(CNC(=O)OC(C)(C)C)C1CCCC1. The molecule has 124 valence electrons. The standard InChI is InChI=1S/C16H32N2O2S/c1-16(2,3)20-15(19)18-12-14(13-8-5-6-9-13)17-10-7-11-21-4/h13-14,17H,5-12H2,1-4H3,(H,18,19). The van der Waals surface area contributed by atoms with Crippen LogP contribution in [0.3, 0.4) is 0 Å². The summed E-state index contributed by atoms with van der Waals surface area (Å²) in [7, 11) is 0. The molecule has 1 fully saturated rings. The molecule has 4 nitrogen and oxygen atoms in total. The molecule has 1 aliphatic carbocycles. The van der Waals surface area contributed by atoms with E-state index in [1.54, 1.807) is 0 Å². The second-order valence-electron chi connectivity index (χ2n) is 6.83. The van der Waals surface area contributed by atoms with Gasteiger partial charge in [0.2, 0.25) is 0 Å². The Labute approximate surface area is 134 Å². The van der Waals surface area contributed by atoms with Crippen molar-refractivity contribution in [3.8, 4) is 0 Å². The molecule has 0 bridgehead atoms. The van der Waals surface area contributed by atoms with E-state index >= 15 is 0 Å². The largest absolute Gasteiger partial charge is 0.444 e. The van der Waals surface area contributed by atoms with Gasteiger partial charge in [0.25, 0.3) is 0 Å². The van der Waals surface area contributed by atoms with Crippen molar-refractivity contribution in [3.63, 3.8) is 0 Å². The number of amides is 1. The van der Waals surface area contributed by atoms with Gasteiger partial charge >= 0.3 is 6.09 Å². The number of hydrogen-bond acceptors (Lipinski definition) is 4. The van der Waals surface area contributed by atoms with Crippen LogP contribution in [0.5, 0.6) is 0 Å². The molecule has 21 heavy (non-hydrogen) atoms. The quantitative estimate of drug-likeness (QED) is 0.674. The Hall–Kier alpha value is -0.420. The van der Waals surface area contributed by atoms with E-state index in [0.29, 0.717) is 18.5 Å². The highest BCUT2D eigenvalue weighted by Crippen LogP contribution is 2.27. The van der Waals surface area contributed by atoms with Gasteiger partial charge in [-0.05, 0) is 64.5 Å². The van der Waals surface area contributed by atoms with Crippen LogP contribution in [-0.4, -0.2) is 42.8 Å². The fraction of sp³-hybridized carbons (Fsp3) is 0.938. The number of nitrogens with one attached hydrogen (secondary N) is 2. The Morgan fingerprint density at radius 3 is 2.57 bits per heavy atom. The van der Waals surface area contributed by atoms with Gasteiger partial charge in [-0.2, -0.15) is 11.8 Å². The molecule has 0 spiro atoms. The number of ether oxygens (including phenoxy) is 1. The first-order valence-electron chi connectivity index (χ1n) is 8.11. The first kappa shape index (κ1) is 18.6. The van der Waals surface area contributed by atoms with Crippen LogP contribution in [0.1, 0.15) is 52.9 Å². The summed E-state index contributed by atoms with van der Waals surface area (Å²) in [6.07, 6.45) is 8.19. The van der Waals surface area contributed by atoms with E-state index in [2.05, 4.69) is 16.9 Å². The van der Waals surface area contributed by atoms with Crippen molar-refractivity contribution < 1.29 is 9.53 Å². The topological polar surface area (TPSA) is 50.4 Å². The van der Waals surface area contributed by atoms with Crippen molar-refractivity contribution in [1.29, 1.82) is 0 Å². The van der Waals surface area contributed by atoms with Crippen molar-refractivity contribution in [1.82, 2.24) is 10.6 Å². The van der Waals surface area contributed by atoms with E-state index in [9.17, 15) is 4.79 Å². The van der Waals surface area contributed by atoms with Gasteiger partial charge in [0.1, 0.15) is 5.60 Å². The Kier molecular flexibility index (Phi) is 8.49. The number of carbonyl (C=O) groups is 1. The minimum Gasteiger partial charge on any atom is -0.444 e. The fourth-order valence-corrected chi connectivity index (χ4v) is 3.21. The highest BCUT2D eigenvalue weighted by molar-refractivity contribution is 7.98. The molecule has 1 atom stereocenters. The van der Waals surface area contributed by atoms with Crippen LogP contribution < -0.4 is 10.6 Å². The molecule has 1 rings (SSSR count). The monoisotopic (exact) mass is 316 g/mol. The molecule has 0 aliphatic heterocycles. The molecule has 0 aromatic rings. The molecular formula is C16H32N2O2S. The maximum atomic E-state index is 11.8. The van der Waals surface area contributed by atoms with Crippen LogP contribution in [0, 0.1) is 5.92 Å². The number of thioether (sulfide) groups is 1. The summed E-state index contributed by atoms with van der Waals surface area (Å²) in [5.41, 5.74) is -0.432. The second kappa shape index (κ2) is 9.57. The second-order valence-corrected chi connectivity index (χ2v) is 7.82. The van der Waals surface area contributed by atoms with Gasteiger partial charge in [-0.25, -0.2) is 4.79 Å². The van der Waals surface area contributed by atoms with Crippen LogP contribution in [-0.2, 0) is 4.74 Å². The van der Waals surface area contributed by atoms with Crippen molar-refractivity contribution in [2.45, 2.75) is 64.5 Å². The Bertz CT molecular complexity index is 299. The molecule has 0 radical (unpaired) electrons. The lowest BCUT2D eigenvalue weighted by Gasteiger charge is -2.26. The average Bonchev–Trinajstić information content (AvgIpc) is 2.89. The Morgan fingerprint density at radius 1 is 1.33 bits per heavy atom. The summed E-state index contributed by atoms with van der Waals surface area (Å²) >= 11 is 1.88. The summed E-state index contributed by atoms with van der Waals surface area (Å²) in [6.45, 7) is 7.36. The average molecular weight is 317 g/mol. The Balaban J connectivity index is 2.35. The van der Waals surface area contributed by atoms with E-state index in [4.69, 9.17) is 4.74 Å². The van der Waals surface area contributed by atoms with Gasteiger partial charge in [0.05, 0.1) is 0 Å². The highest BCUT2D eigenvalue weighted by Gasteiger charge is 2.25.